The van der Waals surface area contributed by atoms with Crippen LogP contribution in [0.1, 0.15) is 159 Å². The van der Waals surface area contributed by atoms with E-state index in [-0.39, 0.29) is 5.41 Å². The van der Waals surface area contributed by atoms with Gasteiger partial charge in [0.25, 0.3) is 0 Å². The van der Waals surface area contributed by atoms with E-state index in [0.717, 1.165) is 163 Å². The maximum atomic E-state index is 9.02. The standard InChI is InChI=1S/C29H28NO.C28H26NO.C27H26NO.C26H24NO/c1-19-12-15-24-28-23-11-7-6-10-21(23)14-17-26(28)31-29(24)27(19)25-16-13-22(18-30(25)2)20-8-4-3-5-9-20;1-18-11-14-23-27-22-10-6-5-9-20(22)13-16-25(27)30-28(23)26(18)24-15-12-21(17-29(24)2)19-7-3-4-8-19;1-17-10-13-21-25-20-9-7-6-8-18(20)11-15-23(25)29-26(21)24(17)22-14-12-19(16-28(22)5)27(2,3)4;1-16(2)19-10-13-22(27(4)15-19)24-17(3)9-12-21-25-20-8-6-5-7-18(20)11-14-23(25)28-26(21)24/h6-7,10-18,20H,3-5,8-9H2,1-2H3;5-6,9-17,19H,3-4,7-8H2,1-2H3;6-16H,1-5H3;5-16H,1-4H3/q4*+1/i20D;19D;;16D. The van der Waals surface area contributed by atoms with Crippen LogP contribution in [0.15, 0.2) is 285 Å². The molecule has 0 spiro atoms. The zero-order valence-corrected chi connectivity index (χ0v) is 70.2. The summed E-state index contributed by atoms with van der Waals surface area (Å²) in [6.45, 7) is 19.2. The van der Waals surface area contributed by atoms with E-state index in [0.29, 0.717) is 0 Å². The number of fused-ring (bicyclic) bond motifs is 20. The van der Waals surface area contributed by atoms with Crippen LogP contribution in [-0.2, 0) is 33.6 Å². The second kappa shape index (κ2) is 30.5. The van der Waals surface area contributed by atoms with Gasteiger partial charge in [0, 0.05) is 93.7 Å². The minimum Gasteiger partial charge on any atom is -0.455 e. The second-order valence-electron chi connectivity index (χ2n) is 34.5. The van der Waals surface area contributed by atoms with Gasteiger partial charge < -0.3 is 17.7 Å². The molecule has 0 unspecified atom stereocenters. The van der Waals surface area contributed by atoms with Crippen LogP contribution in [0.5, 0.6) is 0 Å². The Morgan fingerprint density at radius 1 is 0.314 bits per heavy atom. The maximum absolute atomic E-state index is 9.02. The molecule has 12 aromatic carbocycles. The lowest BCUT2D eigenvalue weighted by Gasteiger charge is -2.21. The van der Waals surface area contributed by atoms with Gasteiger partial charge >= 0.3 is 0 Å². The predicted octanol–water partition coefficient (Wildman–Crippen LogP) is 28.3. The van der Waals surface area contributed by atoms with Crippen molar-refractivity contribution in [1.82, 2.24) is 0 Å². The topological polar surface area (TPSA) is 68.1 Å². The van der Waals surface area contributed by atoms with Crippen LogP contribution < -0.4 is 18.3 Å². The Hall–Kier alpha value is -12.5. The molecule has 0 N–H and O–H groups in total. The van der Waals surface area contributed by atoms with Crippen molar-refractivity contribution >= 4 is 131 Å². The highest BCUT2D eigenvalue weighted by Gasteiger charge is 2.30. The van der Waals surface area contributed by atoms with Gasteiger partial charge in [-0.3, -0.25) is 0 Å². The third-order valence-corrected chi connectivity index (χ3v) is 25.4. The largest absolute Gasteiger partial charge is 0.455 e. The molecule has 0 bridgehead atoms. The Labute approximate surface area is 695 Å². The molecule has 0 saturated heterocycles. The van der Waals surface area contributed by atoms with Crippen LogP contribution >= 0.6 is 0 Å². The van der Waals surface area contributed by atoms with Crippen LogP contribution in [0, 0.1) is 27.7 Å². The van der Waals surface area contributed by atoms with Crippen molar-refractivity contribution in [3.05, 3.63) is 312 Å². The summed E-state index contributed by atoms with van der Waals surface area (Å²) >= 11 is 0. The SMILES string of the molecule is Cc1ccc2c(oc3ccc4ccccc4c32)c1-c1ccc(C(C)(C)C)c[n+]1C.[2H]C(C)(C)c1ccc(-c2c(C)ccc3c2oc2ccc4ccccc4c23)[n+](C)c1.[2H]C1(c2ccc(-c3c(C)ccc4c3oc3ccc5ccccc5c34)[n+](C)c2)CCCC1.[2H]C1(c2ccc(-c3c(C)ccc4c3oc3ccc5ccccc5c34)[n+](C)c2)CCCCC1. The zero-order valence-electron chi connectivity index (χ0n) is 73.2. The van der Waals surface area contributed by atoms with Crippen molar-refractivity contribution < 1.29 is 40.0 Å². The van der Waals surface area contributed by atoms with Crippen molar-refractivity contribution in [1.29, 1.82) is 0 Å². The van der Waals surface area contributed by atoms with Crippen LogP contribution in [-0.4, -0.2) is 0 Å². The summed E-state index contributed by atoms with van der Waals surface area (Å²) in [5, 5.41) is 19.2. The number of aryl methyl sites for hydroxylation is 8. The Bertz CT molecular complexity index is 7340. The van der Waals surface area contributed by atoms with Crippen LogP contribution in [0.25, 0.3) is 176 Å². The van der Waals surface area contributed by atoms with Crippen molar-refractivity contribution in [2.45, 2.75) is 143 Å². The minimum atomic E-state index is -0.629. The summed E-state index contributed by atoms with van der Waals surface area (Å²) in [6, 6.07) is 85.8. The van der Waals surface area contributed by atoms with Gasteiger partial charge in [-0.2, -0.15) is 0 Å². The van der Waals surface area contributed by atoms with E-state index >= 15 is 0 Å². The van der Waals surface area contributed by atoms with Gasteiger partial charge in [-0.1, -0.05) is 237 Å². The summed E-state index contributed by atoms with van der Waals surface area (Å²) in [7, 11) is 8.36. The van der Waals surface area contributed by atoms with E-state index in [1.54, 1.807) is 0 Å². The maximum Gasteiger partial charge on any atom is 0.216 e. The number of furan rings is 4. The third-order valence-electron chi connectivity index (χ3n) is 25.4. The third kappa shape index (κ3) is 13.4. The average molecular weight is 1550 g/mol. The molecule has 8 aromatic heterocycles. The van der Waals surface area contributed by atoms with E-state index in [4.69, 9.17) is 21.8 Å². The Kier molecular flexibility index (Phi) is 18.6. The Morgan fingerprint density at radius 2 is 0.602 bits per heavy atom. The second-order valence-corrected chi connectivity index (χ2v) is 34.5. The molecule has 0 atom stereocenters. The van der Waals surface area contributed by atoms with E-state index in [1.807, 2.05) is 20.9 Å². The van der Waals surface area contributed by atoms with Crippen molar-refractivity contribution in [2.75, 3.05) is 0 Å². The van der Waals surface area contributed by atoms with Gasteiger partial charge in [-0.05, 0) is 190 Å². The average Bonchev–Trinajstić information content (AvgIpc) is 1.61. The highest BCUT2D eigenvalue weighted by Crippen LogP contribution is 2.47. The summed E-state index contributed by atoms with van der Waals surface area (Å²) in [5.74, 6) is -1.51. The summed E-state index contributed by atoms with van der Waals surface area (Å²) < 4.78 is 60.8. The lowest BCUT2D eigenvalue weighted by atomic mass is 9.84. The molecule has 8 nitrogen and oxygen atoms in total. The van der Waals surface area contributed by atoms with Gasteiger partial charge in [0.05, 0.1) is 22.3 Å². The number of hydrogen-bond acceptors (Lipinski definition) is 4. The van der Waals surface area contributed by atoms with E-state index in [9.17, 15) is 0 Å². The van der Waals surface area contributed by atoms with Gasteiger partial charge in [0.2, 0.25) is 22.8 Å². The molecule has 8 heteroatoms. The summed E-state index contributed by atoms with van der Waals surface area (Å²) in [5.41, 5.74) is 26.0. The van der Waals surface area contributed by atoms with Gasteiger partial charge in [-0.15, -0.1) is 0 Å². The number of pyridine rings is 4. The smallest absolute Gasteiger partial charge is 0.216 e. The first-order valence-corrected chi connectivity index (χ1v) is 42.2. The lowest BCUT2D eigenvalue weighted by Crippen LogP contribution is -2.33. The quantitative estimate of drug-likeness (QED) is 0.149. The predicted molar refractivity (Wildman–Crippen MR) is 490 cm³/mol. The molecule has 2 aliphatic rings. The molecule has 0 amide bonds. The first-order chi connectivity index (χ1) is 58.3. The number of rotatable bonds is 7. The van der Waals surface area contributed by atoms with Crippen molar-refractivity contribution in [2.24, 2.45) is 28.2 Å². The lowest BCUT2D eigenvalue weighted by molar-refractivity contribution is -0.661. The van der Waals surface area contributed by atoms with Crippen molar-refractivity contribution in [3.8, 4) is 45.0 Å². The van der Waals surface area contributed by atoms with E-state index in [2.05, 4.69) is 355 Å². The molecule has 20 aromatic rings. The number of benzene rings is 12. The summed E-state index contributed by atoms with van der Waals surface area (Å²) in [4.78, 5) is 0. The van der Waals surface area contributed by atoms with Crippen LogP contribution in [0.4, 0.5) is 0 Å². The molecule has 22 rings (SSSR count). The molecular weight excluding hydrogens is 1440 g/mol. The molecule has 2 aliphatic carbocycles. The zero-order chi connectivity index (χ0) is 83.7. The summed E-state index contributed by atoms with van der Waals surface area (Å²) in [6.07, 6.45) is 18.3. The number of nitrogens with zero attached hydrogens (tertiary/aromatic N) is 4. The van der Waals surface area contributed by atoms with E-state index < -0.39 is 17.7 Å². The van der Waals surface area contributed by atoms with Gasteiger partial charge in [-0.25, -0.2) is 18.3 Å². The molecular formula is C110H104N4O4+4. The van der Waals surface area contributed by atoms with Crippen molar-refractivity contribution in [3.63, 3.8) is 0 Å². The molecule has 118 heavy (non-hydrogen) atoms. The number of hydrogen-bond donors (Lipinski definition) is 0. The van der Waals surface area contributed by atoms with Gasteiger partial charge in [0.15, 0.2) is 24.8 Å². The minimum absolute atomic E-state index is 0.121. The molecule has 2 fully saturated rings. The molecule has 0 aliphatic heterocycles. The van der Waals surface area contributed by atoms with Gasteiger partial charge in [0.1, 0.15) is 72.9 Å². The first kappa shape index (κ1) is 72.0. The van der Waals surface area contributed by atoms with Crippen LogP contribution in [0.2, 0.25) is 0 Å². The molecule has 2 saturated carbocycles. The molecule has 8 heterocycles. The fraction of sp³-hybridized carbons (Fsp3) is 0.236. The normalized spacial score (nSPS) is 14.7. The van der Waals surface area contributed by atoms with Crippen LogP contribution in [0.3, 0.4) is 0 Å². The molecule has 584 valence electrons. The fourth-order valence-corrected chi connectivity index (χ4v) is 19.1. The molecule has 0 radical (unpaired) electrons. The Morgan fingerprint density at radius 3 is 0.898 bits per heavy atom. The highest BCUT2D eigenvalue weighted by molar-refractivity contribution is 6.24. The fourth-order valence-electron chi connectivity index (χ4n) is 19.1. The highest BCUT2D eigenvalue weighted by atomic mass is 16.3. The first-order valence-electron chi connectivity index (χ1n) is 43.7. The Balaban J connectivity index is 0.000000107. The number of aromatic nitrogens is 4. The monoisotopic (exact) mass is 1550 g/mol. The van der Waals surface area contributed by atoms with E-state index in [1.165, 1.54) is 116 Å².